The Morgan fingerprint density at radius 2 is 1.82 bits per heavy atom. The molecule has 0 aromatic heterocycles. The molecule has 0 bridgehead atoms. The molecular weight excluding hydrogens is 224 g/mol. The average Bonchev–Trinajstić information content (AvgIpc) is 2.60. The molecule has 1 aliphatic carbocycles. The first-order chi connectivity index (χ1) is 7.81. The van der Waals surface area contributed by atoms with Crippen LogP contribution in [0.3, 0.4) is 0 Å². The molecule has 1 nitrogen and oxygen atoms in total. The Bertz CT molecular complexity index is 404. The van der Waals surface area contributed by atoms with Crippen LogP contribution in [-0.4, -0.2) is 8.32 Å². The van der Waals surface area contributed by atoms with Gasteiger partial charge in [0, 0.05) is 0 Å². The molecule has 0 saturated heterocycles. The highest BCUT2D eigenvalue weighted by molar-refractivity contribution is 6.74. The summed E-state index contributed by atoms with van der Waals surface area (Å²) in [4.78, 5) is 0. The van der Waals surface area contributed by atoms with Gasteiger partial charge >= 0.3 is 0 Å². The third-order valence-electron chi connectivity index (χ3n) is 4.32. The van der Waals surface area contributed by atoms with Gasteiger partial charge in [0.1, 0.15) is 0 Å². The lowest BCUT2D eigenvalue weighted by molar-refractivity contribution is 0.185. The average molecular weight is 248 g/mol. The second kappa shape index (κ2) is 4.25. The Hall–Kier alpha value is -0.603. The normalized spacial score (nSPS) is 20.4. The fourth-order valence-corrected chi connectivity index (χ4v) is 3.48. The Labute approximate surface area is 106 Å². The van der Waals surface area contributed by atoms with E-state index in [2.05, 4.69) is 58.1 Å². The molecule has 17 heavy (non-hydrogen) atoms. The molecule has 0 N–H and O–H groups in total. The Morgan fingerprint density at radius 1 is 1.18 bits per heavy atom. The number of rotatable bonds is 2. The fraction of sp³-hybridized carbons (Fsp3) is 0.600. The highest BCUT2D eigenvalue weighted by atomic mass is 28.4. The molecule has 1 aromatic carbocycles. The molecule has 1 aliphatic rings. The minimum Gasteiger partial charge on any atom is -0.410 e. The van der Waals surface area contributed by atoms with Gasteiger partial charge in [-0.1, -0.05) is 45.0 Å². The van der Waals surface area contributed by atoms with Crippen molar-refractivity contribution in [3.63, 3.8) is 0 Å². The van der Waals surface area contributed by atoms with E-state index >= 15 is 0 Å². The van der Waals surface area contributed by atoms with Crippen LogP contribution in [0.1, 0.15) is 44.4 Å². The lowest BCUT2D eigenvalue weighted by atomic mass is 10.1. The van der Waals surface area contributed by atoms with Gasteiger partial charge in [-0.25, -0.2) is 0 Å². The summed E-state index contributed by atoms with van der Waals surface area (Å²) in [6.45, 7) is 11.6. The monoisotopic (exact) mass is 248 g/mol. The van der Waals surface area contributed by atoms with Crippen LogP contribution >= 0.6 is 0 Å². The van der Waals surface area contributed by atoms with Gasteiger partial charge in [-0.3, -0.25) is 0 Å². The summed E-state index contributed by atoms with van der Waals surface area (Å²) < 4.78 is 6.53. The lowest BCUT2D eigenvalue weighted by Crippen LogP contribution is -2.41. The highest BCUT2D eigenvalue weighted by Gasteiger charge is 2.40. The van der Waals surface area contributed by atoms with E-state index in [0.717, 1.165) is 6.42 Å². The molecule has 0 amide bonds. The van der Waals surface area contributed by atoms with Gasteiger partial charge in [0.25, 0.3) is 0 Å². The lowest BCUT2D eigenvalue weighted by Gasteiger charge is -2.38. The summed E-state index contributed by atoms with van der Waals surface area (Å²) in [6.07, 6.45) is 2.67. The molecule has 0 fully saturated rings. The van der Waals surface area contributed by atoms with Crippen molar-refractivity contribution in [1.82, 2.24) is 0 Å². The molecule has 2 rings (SSSR count). The van der Waals surface area contributed by atoms with E-state index in [0.29, 0.717) is 11.1 Å². The molecule has 2 heteroatoms. The van der Waals surface area contributed by atoms with E-state index < -0.39 is 8.32 Å². The van der Waals surface area contributed by atoms with E-state index in [1.165, 1.54) is 17.5 Å². The van der Waals surface area contributed by atoms with Gasteiger partial charge in [-0.15, -0.1) is 0 Å². The van der Waals surface area contributed by atoms with Crippen molar-refractivity contribution in [3.05, 3.63) is 35.4 Å². The molecular formula is C15H24OSi. The van der Waals surface area contributed by atoms with Crippen LogP contribution in [0, 0.1) is 0 Å². The predicted molar refractivity (Wildman–Crippen MR) is 75.8 cm³/mol. The van der Waals surface area contributed by atoms with Crippen molar-refractivity contribution >= 4 is 8.32 Å². The van der Waals surface area contributed by atoms with Crippen molar-refractivity contribution in [3.8, 4) is 0 Å². The molecule has 0 heterocycles. The summed E-state index contributed by atoms with van der Waals surface area (Å²) in [7, 11) is -1.64. The van der Waals surface area contributed by atoms with Crippen molar-refractivity contribution in [2.45, 2.75) is 57.8 Å². The van der Waals surface area contributed by atoms with Crippen LogP contribution in [0.15, 0.2) is 24.3 Å². The summed E-state index contributed by atoms with van der Waals surface area (Å²) in [5.74, 6) is 0. The summed E-state index contributed by atoms with van der Waals surface area (Å²) in [5, 5.41) is 0.296. The standard InChI is InChI=1S/C15H24OSi/c1-15(2,3)17(4,5)16-14-11-10-12-8-6-7-9-13(12)14/h6-9,14H,10-11H2,1-5H3. The first-order valence-corrected chi connectivity index (χ1v) is 9.48. The second-order valence-corrected chi connectivity index (χ2v) is 11.4. The van der Waals surface area contributed by atoms with E-state index in [1.807, 2.05) is 0 Å². The van der Waals surface area contributed by atoms with Gasteiger partial charge in [-0.05, 0) is 42.1 Å². The van der Waals surface area contributed by atoms with E-state index in [1.54, 1.807) is 0 Å². The van der Waals surface area contributed by atoms with E-state index in [9.17, 15) is 0 Å². The fourth-order valence-electron chi connectivity index (χ4n) is 2.17. The van der Waals surface area contributed by atoms with Crippen LogP contribution in [-0.2, 0) is 10.8 Å². The number of hydrogen-bond acceptors (Lipinski definition) is 1. The van der Waals surface area contributed by atoms with Crippen LogP contribution in [0.25, 0.3) is 0 Å². The van der Waals surface area contributed by atoms with E-state index in [4.69, 9.17) is 4.43 Å². The SMILES string of the molecule is CC(C)(C)[Si](C)(C)OC1CCc2ccccc21. The maximum absolute atomic E-state index is 6.53. The topological polar surface area (TPSA) is 9.23 Å². The van der Waals surface area contributed by atoms with Gasteiger partial charge in [0.05, 0.1) is 6.10 Å². The zero-order valence-electron chi connectivity index (χ0n) is 11.7. The van der Waals surface area contributed by atoms with E-state index in [-0.39, 0.29) is 0 Å². The highest BCUT2D eigenvalue weighted by Crippen LogP contribution is 2.43. The minimum atomic E-state index is -1.64. The molecule has 0 aliphatic heterocycles. The van der Waals surface area contributed by atoms with Crippen LogP contribution in [0.4, 0.5) is 0 Å². The molecule has 0 saturated carbocycles. The number of benzene rings is 1. The Balaban J connectivity index is 2.18. The van der Waals surface area contributed by atoms with Crippen LogP contribution in [0.5, 0.6) is 0 Å². The smallest absolute Gasteiger partial charge is 0.192 e. The van der Waals surface area contributed by atoms with Gasteiger partial charge < -0.3 is 4.43 Å². The number of aryl methyl sites for hydroxylation is 1. The predicted octanol–water partition coefficient (Wildman–Crippen LogP) is 4.70. The van der Waals surface area contributed by atoms with Gasteiger partial charge in [-0.2, -0.15) is 0 Å². The summed E-state index contributed by atoms with van der Waals surface area (Å²) in [5.41, 5.74) is 2.91. The van der Waals surface area contributed by atoms with Crippen molar-refractivity contribution in [2.75, 3.05) is 0 Å². The number of hydrogen-bond donors (Lipinski definition) is 0. The summed E-state index contributed by atoms with van der Waals surface area (Å²) in [6, 6.07) is 8.74. The maximum atomic E-state index is 6.53. The van der Waals surface area contributed by atoms with Gasteiger partial charge in [0.15, 0.2) is 8.32 Å². The van der Waals surface area contributed by atoms with Crippen molar-refractivity contribution in [2.24, 2.45) is 0 Å². The molecule has 0 spiro atoms. The number of fused-ring (bicyclic) bond motifs is 1. The zero-order chi connectivity index (χ0) is 12.7. The Kier molecular flexibility index (Phi) is 3.21. The molecule has 1 aromatic rings. The quantitative estimate of drug-likeness (QED) is 0.690. The minimum absolute atomic E-state index is 0.296. The van der Waals surface area contributed by atoms with Crippen molar-refractivity contribution in [1.29, 1.82) is 0 Å². The third-order valence-corrected chi connectivity index (χ3v) is 8.81. The maximum Gasteiger partial charge on any atom is 0.192 e. The van der Waals surface area contributed by atoms with Gasteiger partial charge in [0.2, 0.25) is 0 Å². The summed E-state index contributed by atoms with van der Waals surface area (Å²) >= 11 is 0. The molecule has 94 valence electrons. The molecule has 0 radical (unpaired) electrons. The first kappa shape index (κ1) is 12.8. The molecule has 1 unspecified atom stereocenters. The van der Waals surface area contributed by atoms with Crippen molar-refractivity contribution < 1.29 is 4.43 Å². The van der Waals surface area contributed by atoms with Crippen LogP contribution in [0.2, 0.25) is 18.1 Å². The Morgan fingerprint density at radius 3 is 2.47 bits per heavy atom. The molecule has 1 atom stereocenters. The zero-order valence-corrected chi connectivity index (χ0v) is 12.7. The largest absolute Gasteiger partial charge is 0.410 e. The second-order valence-electron chi connectivity index (χ2n) is 6.60. The third kappa shape index (κ3) is 2.48. The van der Waals surface area contributed by atoms with Crippen LogP contribution < -0.4 is 0 Å². The first-order valence-electron chi connectivity index (χ1n) is 6.57.